The molecule has 0 unspecified atom stereocenters. The van der Waals surface area contributed by atoms with Gasteiger partial charge in [0.15, 0.2) is 11.5 Å². The number of nitrogens with two attached hydrogens (primary N) is 1. The number of carbonyl (C=O) groups is 2. The van der Waals surface area contributed by atoms with E-state index in [1.54, 1.807) is 12.1 Å². The molecule has 0 aliphatic heterocycles. The number of para-hydroxylation sites is 1. The predicted molar refractivity (Wildman–Crippen MR) is 93.1 cm³/mol. The van der Waals surface area contributed by atoms with E-state index < -0.39 is 17.4 Å². The van der Waals surface area contributed by atoms with Crippen LogP contribution in [0.5, 0.6) is 17.2 Å². The topological polar surface area (TPSA) is 153 Å². The van der Waals surface area contributed by atoms with Crippen LogP contribution in [0, 0.1) is 0 Å². The van der Waals surface area contributed by atoms with Gasteiger partial charge in [0.25, 0.3) is 5.91 Å². The maximum atomic E-state index is 12.0. The average molecular weight is 360 g/mol. The summed E-state index contributed by atoms with van der Waals surface area (Å²) in [7, 11) is 0. The Labute approximate surface area is 149 Å². The zero-order valence-electron chi connectivity index (χ0n) is 13.8. The van der Waals surface area contributed by atoms with Crippen molar-refractivity contribution < 1.29 is 30.0 Å². The maximum Gasteiger partial charge on any atom is 0.324 e. The van der Waals surface area contributed by atoms with E-state index in [0.29, 0.717) is 5.56 Å². The van der Waals surface area contributed by atoms with E-state index in [2.05, 4.69) is 5.32 Å². The van der Waals surface area contributed by atoms with Gasteiger partial charge in [-0.15, -0.1) is 0 Å². The minimum absolute atomic E-state index is 0.0277. The number of nitrogens with one attached hydrogen (secondary N) is 1. The number of carboxylic acids is 1. The van der Waals surface area contributed by atoms with Gasteiger partial charge in [0, 0.05) is 13.0 Å². The van der Waals surface area contributed by atoms with Gasteiger partial charge in [-0.1, -0.05) is 18.2 Å². The SMILES string of the molecule is N[C@](CCNC(=O)c1ccccc1O)(Cc1ccc(O)c(O)c1)C(=O)O. The van der Waals surface area contributed by atoms with E-state index in [1.165, 1.54) is 30.3 Å². The third-order valence-corrected chi connectivity index (χ3v) is 3.99. The van der Waals surface area contributed by atoms with Crippen molar-refractivity contribution in [2.24, 2.45) is 5.73 Å². The van der Waals surface area contributed by atoms with Crippen LogP contribution in [-0.2, 0) is 11.2 Å². The van der Waals surface area contributed by atoms with E-state index in [9.17, 15) is 30.0 Å². The van der Waals surface area contributed by atoms with Crippen molar-refractivity contribution in [1.82, 2.24) is 5.32 Å². The standard InChI is InChI=1S/C18H20N2O6/c19-18(17(25)26,10-11-5-6-14(22)15(23)9-11)7-8-20-16(24)12-3-1-2-4-13(12)21/h1-6,9,21-23H,7-8,10,19H2,(H,20,24)(H,25,26)/t18-/m1/s1. The Morgan fingerprint density at radius 2 is 1.69 bits per heavy atom. The number of phenols is 3. The summed E-state index contributed by atoms with van der Waals surface area (Å²) in [5.41, 5.74) is 4.79. The molecule has 1 amide bonds. The molecule has 0 aliphatic carbocycles. The first-order valence-electron chi connectivity index (χ1n) is 7.82. The van der Waals surface area contributed by atoms with Gasteiger partial charge in [-0.2, -0.15) is 0 Å². The Bertz CT molecular complexity index is 823. The summed E-state index contributed by atoms with van der Waals surface area (Å²) < 4.78 is 0. The van der Waals surface area contributed by atoms with Gasteiger partial charge in [-0.05, 0) is 36.2 Å². The van der Waals surface area contributed by atoms with Crippen molar-refractivity contribution in [3.8, 4) is 17.2 Å². The molecule has 7 N–H and O–H groups in total. The van der Waals surface area contributed by atoms with Crippen molar-refractivity contribution in [1.29, 1.82) is 0 Å². The first-order chi connectivity index (χ1) is 12.2. The molecule has 0 aromatic heterocycles. The van der Waals surface area contributed by atoms with Crippen LogP contribution in [0.15, 0.2) is 42.5 Å². The summed E-state index contributed by atoms with van der Waals surface area (Å²) in [6, 6.07) is 9.92. The van der Waals surface area contributed by atoms with E-state index in [1.807, 2.05) is 0 Å². The van der Waals surface area contributed by atoms with Crippen molar-refractivity contribution in [2.45, 2.75) is 18.4 Å². The summed E-state index contributed by atoms with van der Waals surface area (Å²) in [5.74, 6) is -2.67. The molecule has 0 radical (unpaired) electrons. The summed E-state index contributed by atoms with van der Waals surface area (Å²) >= 11 is 0. The molecule has 0 heterocycles. The quantitative estimate of drug-likeness (QED) is 0.402. The molecule has 0 aliphatic rings. The van der Waals surface area contributed by atoms with Crippen LogP contribution < -0.4 is 11.1 Å². The highest BCUT2D eigenvalue weighted by atomic mass is 16.4. The van der Waals surface area contributed by atoms with Crippen molar-refractivity contribution in [2.75, 3.05) is 6.54 Å². The van der Waals surface area contributed by atoms with E-state index in [4.69, 9.17) is 5.73 Å². The van der Waals surface area contributed by atoms with E-state index in [0.717, 1.165) is 0 Å². The second-order valence-corrected chi connectivity index (χ2v) is 5.98. The number of phenolic OH excluding ortho intramolecular Hbond substituents is 3. The molecule has 1 atom stereocenters. The number of hydrogen-bond donors (Lipinski definition) is 6. The fourth-order valence-electron chi connectivity index (χ4n) is 2.47. The lowest BCUT2D eigenvalue weighted by atomic mass is 9.88. The van der Waals surface area contributed by atoms with Gasteiger partial charge < -0.3 is 31.5 Å². The Morgan fingerprint density at radius 1 is 1.00 bits per heavy atom. The Morgan fingerprint density at radius 3 is 2.31 bits per heavy atom. The van der Waals surface area contributed by atoms with Crippen molar-refractivity contribution >= 4 is 11.9 Å². The van der Waals surface area contributed by atoms with Gasteiger partial charge in [0.2, 0.25) is 0 Å². The van der Waals surface area contributed by atoms with Crippen LogP contribution in [0.1, 0.15) is 22.3 Å². The van der Waals surface area contributed by atoms with E-state index in [-0.39, 0.29) is 42.2 Å². The highest BCUT2D eigenvalue weighted by Crippen LogP contribution is 2.27. The number of aromatic hydroxyl groups is 3. The predicted octanol–water partition coefficient (Wildman–Crippen LogP) is 0.948. The third kappa shape index (κ3) is 4.42. The molecule has 0 fully saturated rings. The lowest BCUT2D eigenvalue weighted by Gasteiger charge is -2.25. The molecule has 0 bridgehead atoms. The Balaban J connectivity index is 2.03. The highest BCUT2D eigenvalue weighted by Gasteiger charge is 2.34. The van der Waals surface area contributed by atoms with Crippen LogP contribution in [0.4, 0.5) is 0 Å². The van der Waals surface area contributed by atoms with Crippen LogP contribution in [0.2, 0.25) is 0 Å². The summed E-state index contributed by atoms with van der Waals surface area (Å²) in [6.45, 7) is -0.0277. The largest absolute Gasteiger partial charge is 0.507 e. The number of benzene rings is 2. The molecule has 138 valence electrons. The smallest absolute Gasteiger partial charge is 0.324 e. The molecular formula is C18H20N2O6. The minimum Gasteiger partial charge on any atom is -0.507 e. The fraction of sp³-hybridized carbons (Fsp3) is 0.222. The van der Waals surface area contributed by atoms with Gasteiger partial charge in [-0.3, -0.25) is 9.59 Å². The van der Waals surface area contributed by atoms with E-state index >= 15 is 0 Å². The second-order valence-electron chi connectivity index (χ2n) is 5.98. The molecule has 0 saturated carbocycles. The second kappa shape index (κ2) is 7.75. The van der Waals surface area contributed by atoms with Gasteiger partial charge >= 0.3 is 5.97 Å². The summed E-state index contributed by atoms with van der Waals surface area (Å²) in [6.07, 6.45) is -0.189. The third-order valence-electron chi connectivity index (χ3n) is 3.99. The van der Waals surface area contributed by atoms with Crippen LogP contribution >= 0.6 is 0 Å². The molecule has 8 nitrogen and oxygen atoms in total. The zero-order chi connectivity index (χ0) is 19.3. The number of carbonyl (C=O) groups excluding carboxylic acids is 1. The molecular weight excluding hydrogens is 340 g/mol. The molecule has 26 heavy (non-hydrogen) atoms. The number of carboxylic acid groups (broad SMARTS) is 1. The maximum absolute atomic E-state index is 12.0. The number of rotatable bonds is 7. The fourth-order valence-corrected chi connectivity index (χ4v) is 2.47. The monoisotopic (exact) mass is 360 g/mol. The molecule has 0 saturated heterocycles. The molecule has 2 aromatic rings. The number of hydrogen-bond acceptors (Lipinski definition) is 6. The number of aliphatic carboxylic acids is 1. The Hall–Kier alpha value is -3.26. The summed E-state index contributed by atoms with van der Waals surface area (Å²) in [4.78, 5) is 23.6. The lowest BCUT2D eigenvalue weighted by molar-refractivity contribution is -0.143. The van der Waals surface area contributed by atoms with Gasteiger partial charge in [-0.25, -0.2) is 0 Å². The highest BCUT2D eigenvalue weighted by molar-refractivity contribution is 5.96. The van der Waals surface area contributed by atoms with Crippen LogP contribution in [0.25, 0.3) is 0 Å². The number of amides is 1. The van der Waals surface area contributed by atoms with Crippen LogP contribution in [0.3, 0.4) is 0 Å². The minimum atomic E-state index is -1.69. The average Bonchev–Trinajstić information content (AvgIpc) is 2.58. The lowest BCUT2D eigenvalue weighted by Crippen LogP contribution is -2.52. The summed E-state index contributed by atoms with van der Waals surface area (Å²) in [5, 5.41) is 40.5. The first kappa shape index (κ1) is 19.1. The molecule has 2 rings (SSSR count). The molecule has 2 aromatic carbocycles. The normalized spacial score (nSPS) is 13.0. The van der Waals surface area contributed by atoms with Crippen molar-refractivity contribution in [3.05, 3.63) is 53.6 Å². The zero-order valence-corrected chi connectivity index (χ0v) is 13.8. The van der Waals surface area contributed by atoms with Gasteiger partial charge in [0.05, 0.1) is 5.56 Å². The van der Waals surface area contributed by atoms with Crippen molar-refractivity contribution in [3.63, 3.8) is 0 Å². The first-order valence-corrected chi connectivity index (χ1v) is 7.82. The van der Waals surface area contributed by atoms with Crippen LogP contribution in [-0.4, -0.2) is 44.4 Å². The molecule has 0 spiro atoms. The molecule has 8 heteroatoms. The van der Waals surface area contributed by atoms with Gasteiger partial charge in [0.1, 0.15) is 11.3 Å². The Kier molecular flexibility index (Phi) is 5.68.